The topological polar surface area (TPSA) is 110 Å². The van der Waals surface area contributed by atoms with Gasteiger partial charge in [0.15, 0.2) is 0 Å². The molecule has 27 heavy (non-hydrogen) atoms. The summed E-state index contributed by atoms with van der Waals surface area (Å²) in [5.41, 5.74) is 1.28. The van der Waals surface area contributed by atoms with Gasteiger partial charge in [0.25, 0.3) is 11.6 Å². The first-order valence-corrected chi connectivity index (χ1v) is 10.3. The van der Waals surface area contributed by atoms with E-state index in [-0.39, 0.29) is 16.3 Å². The molecule has 3 rings (SSSR count). The van der Waals surface area contributed by atoms with Gasteiger partial charge in [-0.3, -0.25) is 19.2 Å². The molecule has 0 spiro atoms. The van der Waals surface area contributed by atoms with E-state index < -0.39 is 20.9 Å². The molecule has 0 atom stereocenters. The number of carbonyl (C=O) groups excluding carboxylic acids is 1. The smallest absolute Gasteiger partial charge is 0.282 e. The van der Waals surface area contributed by atoms with Crippen molar-refractivity contribution in [1.29, 1.82) is 0 Å². The van der Waals surface area contributed by atoms with Gasteiger partial charge in [-0.25, -0.2) is 8.42 Å². The SMILES string of the molecule is CS(=O)(=O)N1CCCc2cc(NC(=O)c3cc(Cl)ccc3[N+](=O)[O-])ccc21. The molecule has 2 aromatic rings. The molecule has 1 amide bonds. The molecule has 2 aromatic carbocycles. The van der Waals surface area contributed by atoms with Crippen LogP contribution in [0.3, 0.4) is 0 Å². The van der Waals surface area contributed by atoms with Gasteiger partial charge in [0.05, 0.1) is 16.9 Å². The van der Waals surface area contributed by atoms with Crippen molar-refractivity contribution in [2.45, 2.75) is 12.8 Å². The van der Waals surface area contributed by atoms with Crippen molar-refractivity contribution in [2.24, 2.45) is 0 Å². The molecule has 0 bridgehead atoms. The Bertz CT molecular complexity index is 1040. The van der Waals surface area contributed by atoms with E-state index in [1.54, 1.807) is 18.2 Å². The average Bonchev–Trinajstić information content (AvgIpc) is 2.59. The second kappa shape index (κ2) is 7.16. The molecule has 0 saturated heterocycles. The molecule has 142 valence electrons. The van der Waals surface area contributed by atoms with Crippen LogP contribution in [0.15, 0.2) is 36.4 Å². The van der Waals surface area contributed by atoms with E-state index in [1.807, 2.05) is 0 Å². The number of benzene rings is 2. The van der Waals surface area contributed by atoms with E-state index in [4.69, 9.17) is 11.6 Å². The summed E-state index contributed by atoms with van der Waals surface area (Å²) < 4.78 is 25.2. The summed E-state index contributed by atoms with van der Waals surface area (Å²) in [4.78, 5) is 23.0. The average molecular weight is 410 g/mol. The van der Waals surface area contributed by atoms with Gasteiger partial charge in [-0.05, 0) is 48.7 Å². The number of nitro benzene ring substituents is 1. The van der Waals surface area contributed by atoms with E-state index in [9.17, 15) is 23.3 Å². The monoisotopic (exact) mass is 409 g/mol. The van der Waals surface area contributed by atoms with Crippen molar-refractivity contribution < 1.29 is 18.1 Å². The molecular formula is C17H16ClN3O5S. The Morgan fingerprint density at radius 1 is 1.26 bits per heavy atom. The normalized spacial score (nSPS) is 13.8. The number of nitrogens with zero attached hydrogens (tertiary/aromatic N) is 2. The standard InChI is InChI=1S/C17H16ClN3O5S/c1-27(25,26)20-8-2-3-11-9-13(5-7-15(11)20)19-17(22)14-10-12(18)4-6-16(14)21(23)24/h4-7,9-10H,2-3,8H2,1H3,(H,19,22). The fraction of sp³-hybridized carbons (Fsp3) is 0.235. The van der Waals surface area contributed by atoms with Crippen LogP contribution in [0.5, 0.6) is 0 Å². The fourth-order valence-electron chi connectivity index (χ4n) is 3.03. The van der Waals surface area contributed by atoms with Crippen LogP contribution < -0.4 is 9.62 Å². The van der Waals surface area contributed by atoms with Crippen LogP contribution in [0.25, 0.3) is 0 Å². The zero-order valence-corrected chi connectivity index (χ0v) is 15.9. The Hall–Kier alpha value is -2.65. The van der Waals surface area contributed by atoms with Crippen LogP contribution >= 0.6 is 11.6 Å². The summed E-state index contributed by atoms with van der Waals surface area (Å²) in [5.74, 6) is -0.667. The number of nitrogens with one attached hydrogen (secondary N) is 1. The highest BCUT2D eigenvalue weighted by Gasteiger charge is 2.25. The van der Waals surface area contributed by atoms with E-state index in [1.165, 1.54) is 22.5 Å². The number of rotatable bonds is 4. The summed E-state index contributed by atoms with van der Waals surface area (Å²) in [5, 5.41) is 14.0. The summed E-state index contributed by atoms with van der Waals surface area (Å²) in [7, 11) is -3.38. The summed E-state index contributed by atoms with van der Waals surface area (Å²) in [6, 6.07) is 8.62. The lowest BCUT2D eigenvalue weighted by atomic mass is 10.0. The molecule has 0 radical (unpaired) electrons. The van der Waals surface area contributed by atoms with Gasteiger partial charge in [0.1, 0.15) is 5.56 Å². The largest absolute Gasteiger partial charge is 0.322 e. The van der Waals surface area contributed by atoms with Gasteiger partial charge in [-0.15, -0.1) is 0 Å². The minimum absolute atomic E-state index is 0.150. The molecule has 10 heteroatoms. The molecule has 0 fully saturated rings. The highest BCUT2D eigenvalue weighted by Crippen LogP contribution is 2.32. The van der Waals surface area contributed by atoms with Crippen molar-refractivity contribution in [3.63, 3.8) is 0 Å². The summed E-state index contributed by atoms with van der Waals surface area (Å²) in [6.45, 7) is 0.409. The quantitative estimate of drug-likeness (QED) is 0.615. The number of nitro groups is 1. The van der Waals surface area contributed by atoms with Gasteiger partial charge in [0, 0.05) is 23.3 Å². The van der Waals surface area contributed by atoms with E-state index in [0.717, 1.165) is 11.8 Å². The number of carbonyl (C=O) groups is 1. The Morgan fingerprint density at radius 3 is 2.67 bits per heavy atom. The highest BCUT2D eigenvalue weighted by atomic mass is 35.5. The van der Waals surface area contributed by atoms with Gasteiger partial charge >= 0.3 is 0 Å². The van der Waals surface area contributed by atoms with Gasteiger partial charge < -0.3 is 5.32 Å². The Morgan fingerprint density at radius 2 is 2.00 bits per heavy atom. The van der Waals surface area contributed by atoms with E-state index in [0.29, 0.717) is 30.8 Å². The minimum Gasteiger partial charge on any atom is -0.322 e. The molecule has 1 N–H and O–H groups in total. The highest BCUT2D eigenvalue weighted by molar-refractivity contribution is 7.92. The number of anilines is 2. The third-order valence-electron chi connectivity index (χ3n) is 4.21. The van der Waals surface area contributed by atoms with Gasteiger partial charge in [-0.1, -0.05) is 11.6 Å². The van der Waals surface area contributed by atoms with Crippen molar-refractivity contribution in [3.8, 4) is 0 Å². The second-order valence-electron chi connectivity index (χ2n) is 6.15. The Labute approximate surface area is 160 Å². The van der Waals surface area contributed by atoms with Crippen molar-refractivity contribution in [3.05, 3.63) is 62.7 Å². The van der Waals surface area contributed by atoms with Crippen molar-refractivity contribution >= 4 is 44.6 Å². The third kappa shape index (κ3) is 4.04. The van der Waals surface area contributed by atoms with Crippen molar-refractivity contribution in [2.75, 3.05) is 22.4 Å². The maximum atomic E-state index is 12.5. The predicted molar refractivity (Wildman–Crippen MR) is 103 cm³/mol. The molecule has 0 aliphatic carbocycles. The van der Waals surface area contributed by atoms with Crippen LogP contribution in [-0.4, -0.2) is 32.0 Å². The number of sulfonamides is 1. The first-order valence-electron chi connectivity index (χ1n) is 8.03. The first-order chi connectivity index (χ1) is 12.7. The third-order valence-corrected chi connectivity index (χ3v) is 5.63. The molecule has 1 aliphatic heterocycles. The Balaban J connectivity index is 1.91. The minimum atomic E-state index is -3.38. The maximum Gasteiger partial charge on any atom is 0.282 e. The first kappa shape index (κ1) is 19.1. The molecule has 0 aromatic heterocycles. The zero-order chi connectivity index (χ0) is 19.8. The molecule has 1 aliphatic rings. The van der Waals surface area contributed by atoms with Gasteiger partial charge in [-0.2, -0.15) is 0 Å². The lowest BCUT2D eigenvalue weighted by molar-refractivity contribution is -0.385. The van der Waals surface area contributed by atoms with Crippen LogP contribution in [0, 0.1) is 10.1 Å². The molecular weight excluding hydrogens is 394 g/mol. The molecule has 1 heterocycles. The summed E-state index contributed by atoms with van der Waals surface area (Å²) in [6.07, 6.45) is 2.48. The number of aryl methyl sites for hydroxylation is 1. The predicted octanol–water partition coefficient (Wildman–Crippen LogP) is 3.21. The number of hydrogen-bond donors (Lipinski definition) is 1. The number of fused-ring (bicyclic) bond motifs is 1. The van der Waals surface area contributed by atoms with Gasteiger partial charge in [0.2, 0.25) is 10.0 Å². The van der Waals surface area contributed by atoms with Crippen LogP contribution in [-0.2, 0) is 16.4 Å². The number of hydrogen-bond acceptors (Lipinski definition) is 5. The summed E-state index contributed by atoms with van der Waals surface area (Å²) >= 11 is 5.86. The van der Waals surface area contributed by atoms with Crippen LogP contribution in [0.1, 0.15) is 22.3 Å². The lowest BCUT2D eigenvalue weighted by Crippen LogP contribution is -2.34. The zero-order valence-electron chi connectivity index (χ0n) is 14.3. The molecule has 8 nitrogen and oxygen atoms in total. The number of halogens is 1. The van der Waals surface area contributed by atoms with Crippen LogP contribution in [0.4, 0.5) is 17.1 Å². The lowest BCUT2D eigenvalue weighted by Gasteiger charge is -2.29. The van der Waals surface area contributed by atoms with Crippen molar-refractivity contribution in [1.82, 2.24) is 0 Å². The second-order valence-corrected chi connectivity index (χ2v) is 8.50. The Kier molecular flexibility index (Phi) is 5.07. The van der Waals surface area contributed by atoms with Crippen LogP contribution in [0.2, 0.25) is 5.02 Å². The number of amides is 1. The molecule has 0 saturated carbocycles. The van der Waals surface area contributed by atoms with E-state index >= 15 is 0 Å². The fourth-order valence-corrected chi connectivity index (χ4v) is 4.20. The molecule has 0 unspecified atom stereocenters. The van der Waals surface area contributed by atoms with E-state index in [2.05, 4.69) is 5.32 Å². The maximum absolute atomic E-state index is 12.5.